The molecule has 1 aromatic heterocycles. The minimum absolute atomic E-state index is 0.106. The van der Waals surface area contributed by atoms with Crippen molar-refractivity contribution in [3.8, 4) is 0 Å². The van der Waals surface area contributed by atoms with E-state index >= 15 is 0 Å². The Labute approximate surface area is 121 Å². The summed E-state index contributed by atoms with van der Waals surface area (Å²) in [6, 6.07) is 11.8. The van der Waals surface area contributed by atoms with E-state index in [4.69, 9.17) is 11.1 Å². The highest BCUT2D eigenvalue weighted by atomic mass is 32.2. The average molecular weight is 289 g/mol. The van der Waals surface area contributed by atoms with Crippen molar-refractivity contribution in [1.29, 1.82) is 5.41 Å². The van der Waals surface area contributed by atoms with E-state index in [2.05, 4.69) is 11.9 Å². The van der Waals surface area contributed by atoms with E-state index in [1.54, 1.807) is 18.0 Å². The van der Waals surface area contributed by atoms with Crippen molar-refractivity contribution in [3.05, 3.63) is 48.2 Å². The summed E-state index contributed by atoms with van der Waals surface area (Å²) in [6.45, 7) is 2.09. The first-order valence-corrected chi connectivity index (χ1v) is 7.71. The Balaban J connectivity index is 2.39. The molecule has 0 radical (unpaired) electrons. The van der Waals surface area contributed by atoms with Gasteiger partial charge < -0.3 is 5.73 Å². The Hall–Kier alpha value is -1.46. The van der Waals surface area contributed by atoms with Crippen LogP contribution in [0.15, 0.2) is 57.4 Å². The maximum absolute atomic E-state index is 7.79. The van der Waals surface area contributed by atoms with E-state index in [1.165, 1.54) is 11.8 Å². The molecule has 0 unspecified atom stereocenters. The van der Waals surface area contributed by atoms with E-state index < -0.39 is 0 Å². The Morgan fingerprint density at radius 2 is 2.00 bits per heavy atom. The third-order valence-electron chi connectivity index (χ3n) is 2.41. The Bertz CT molecular complexity index is 570. The third-order valence-corrected chi connectivity index (χ3v) is 4.36. The highest BCUT2D eigenvalue weighted by Gasteiger charge is 2.12. The Morgan fingerprint density at radius 1 is 1.21 bits per heavy atom. The molecule has 2 rings (SSSR count). The van der Waals surface area contributed by atoms with Crippen molar-refractivity contribution in [2.75, 3.05) is 5.75 Å². The molecule has 0 aliphatic carbocycles. The van der Waals surface area contributed by atoms with E-state index in [0.29, 0.717) is 0 Å². The number of benzene rings is 1. The molecule has 3 nitrogen and oxygen atoms in total. The molecule has 0 aliphatic heterocycles. The summed E-state index contributed by atoms with van der Waals surface area (Å²) in [6.07, 6.45) is 1.76. The Kier molecular flexibility index (Phi) is 4.87. The van der Waals surface area contributed by atoms with Crippen molar-refractivity contribution >= 4 is 29.4 Å². The van der Waals surface area contributed by atoms with Crippen molar-refractivity contribution in [1.82, 2.24) is 4.98 Å². The predicted molar refractivity (Wildman–Crippen MR) is 82.2 cm³/mol. The number of rotatable bonds is 5. The van der Waals surface area contributed by atoms with Crippen LogP contribution >= 0.6 is 23.5 Å². The molecule has 2 aromatic rings. The van der Waals surface area contributed by atoms with E-state index in [9.17, 15) is 0 Å². The van der Waals surface area contributed by atoms with E-state index in [-0.39, 0.29) is 5.84 Å². The number of nitrogen functional groups attached to an aromatic ring is 1. The first kappa shape index (κ1) is 14.0. The third kappa shape index (κ3) is 3.52. The molecular formula is C14H15N3S2. The van der Waals surface area contributed by atoms with Crippen LogP contribution in [-0.4, -0.2) is 16.6 Å². The highest BCUT2D eigenvalue weighted by Crippen LogP contribution is 2.34. The molecule has 98 valence electrons. The van der Waals surface area contributed by atoms with Gasteiger partial charge in [0.25, 0.3) is 0 Å². The van der Waals surface area contributed by atoms with Gasteiger partial charge in [-0.15, -0.1) is 11.8 Å². The van der Waals surface area contributed by atoms with Gasteiger partial charge in [-0.1, -0.05) is 30.8 Å². The zero-order valence-corrected chi connectivity index (χ0v) is 12.2. The van der Waals surface area contributed by atoms with Gasteiger partial charge in [-0.05, 0) is 30.0 Å². The second kappa shape index (κ2) is 6.63. The van der Waals surface area contributed by atoms with Gasteiger partial charge in [-0.3, -0.25) is 5.41 Å². The molecule has 0 spiro atoms. The SMILES string of the molecule is CCSc1cccc(Sc2ccccn2)c1C(=N)N. The minimum Gasteiger partial charge on any atom is -0.384 e. The van der Waals surface area contributed by atoms with Crippen molar-refractivity contribution in [3.63, 3.8) is 0 Å². The molecule has 0 aliphatic rings. The summed E-state index contributed by atoms with van der Waals surface area (Å²) in [5.74, 6) is 1.06. The van der Waals surface area contributed by atoms with Crippen molar-refractivity contribution < 1.29 is 0 Å². The fourth-order valence-electron chi connectivity index (χ4n) is 1.66. The molecule has 0 fully saturated rings. The first-order chi connectivity index (χ1) is 9.22. The number of pyridine rings is 1. The van der Waals surface area contributed by atoms with Gasteiger partial charge in [-0.25, -0.2) is 4.98 Å². The maximum Gasteiger partial charge on any atom is 0.125 e. The topological polar surface area (TPSA) is 62.8 Å². The minimum atomic E-state index is 0.106. The molecule has 0 saturated heterocycles. The van der Waals surface area contributed by atoms with Gasteiger partial charge in [0, 0.05) is 21.6 Å². The molecule has 1 heterocycles. The summed E-state index contributed by atoms with van der Waals surface area (Å²) in [4.78, 5) is 6.32. The number of hydrogen-bond acceptors (Lipinski definition) is 4. The normalized spacial score (nSPS) is 10.4. The van der Waals surface area contributed by atoms with Crippen LogP contribution in [0.1, 0.15) is 12.5 Å². The second-order valence-corrected chi connectivity index (χ2v) is 6.11. The van der Waals surface area contributed by atoms with Crippen LogP contribution in [0.3, 0.4) is 0 Å². The molecule has 1 aromatic carbocycles. The summed E-state index contributed by atoms with van der Waals surface area (Å²) >= 11 is 3.24. The molecular weight excluding hydrogens is 274 g/mol. The lowest BCUT2D eigenvalue weighted by atomic mass is 10.2. The van der Waals surface area contributed by atoms with Crippen LogP contribution in [0.25, 0.3) is 0 Å². The van der Waals surface area contributed by atoms with E-state index in [1.807, 2.05) is 36.4 Å². The van der Waals surface area contributed by atoms with Crippen LogP contribution in [0.5, 0.6) is 0 Å². The monoisotopic (exact) mass is 289 g/mol. The van der Waals surface area contributed by atoms with Gasteiger partial charge in [0.1, 0.15) is 10.9 Å². The number of aromatic nitrogens is 1. The average Bonchev–Trinajstić information content (AvgIpc) is 2.40. The predicted octanol–water partition coefficient (Wildman–Crippen LogP) is 3.63. The summed E-state index contributed by atoms with van der Waals surface area (Å²) in [5.41, 5.74) is 6.55. The number of amidine groups is 1. The zero-order valence-electron chi connectivity index (χ0n) is 10.6. The largest absolute Gasteiger partial charge is 0.384 e. The number of nitrogens with one attached hydrogen (secondary N) is 1. The quantitative estimate of drug-likeness (QED) is 0.501. The van der Waals surface area contributed by atoms with Crippen molar-refractivity contribution in [2.24, 2.45) is 5.73 Å². The van der Waals surface area contributed by atoms with Crippen LogP contribution in [0.4, 0.5) is 0 Å². The summed E-state index contributed by atoms with van der Waals surface area (Å²) in [7, 11) is 0. The molecule has 3 N–H and O–H groups in total. The number of hydrogen-bond donors (Lipinski definition) is 2. The molecule has 0 amide bonds. The fourth-order valence-corrected chi connectivity index (χ4v) is 3.53. The van der Waals surface area contributed by atoms with E-state index in [0.717, 1.165) is 26.1 Å². The molecule has 5 heteroatoms. The molecule has 19 heavy (non-hydrogen) atoms. The molecule has 0 atom stereocenters. The van der Waals surface area contributed by atoms with Gasteiger partial charge >= 0.3 is 0 Å². The number of nitrogens with zero attached hydrogens (tertiary/aromatic N) is 1. The van der Waals surface area contributed by atoms with Gasteiger partial charge in [0.15, 0.2) is 0 Å². The van der Waals surface area contributed by atoms with Crippen LogP contribution < -0.4 is 5.73 Å². The van der Waals surface area contributed by atoms with Crippen LogP contribution in [-0.2, 0) is 0 Å². The number of thioether (sulfide) groups is 1. The zero-order chi connectivity index (χ0) is 13.7. The molecule has 0 saturated carbocycles. The number of nitrogens with two attached hydrogens (primary N) is 1. The first-order valence-electron chi connectivity index (χ1n) is 5.91. The van der Waals surface area contributed by atoms with Gasteiger partial charge in [0.05, 0.1) is 0 Å². The van der Waals surface area contributed by atoms with Crippen molar-refractivity contribution in [2.45, 2.75) is 21.7 Å². The van der Waals surface area contributed by atoms with Gasteiger partial charge in [-0.2, -0.15) is 0 Å². The fraction of sp³-hybridized carbons (Fsp3) is 0.143. The maximum atomic E-state index is 7.79. The Morgan fingerprint density at radius 3 is 2.63 bits per heavy atom. The lowest BCUT2D eigenvalue weighted by Gasteiger charge is -2.12. The smallest absolute Gasteiger partial charge is 0.125 e. The summed E-state index contributed by atoms with van der Waals surface area (Å²) < 4.78 is 0. The lowest BCUT2D eigenvalue weighted by molar-refractivity contribution is 1.13. The summed E-state index contributed by atoms with van der Waals surface area (Å²) in [5, 5.41) is 8.70. The molecule has 0 bridgehead atoms. The highest BCUT2D eigenvalue weighted by molar-refractivity contribution is 8.00. The second-order valence-electron chi connectivity index (χ2n) is 3.75. The standard InChI is InChI=1S/C14H15N3S2/c1-2-18-10-6-5-7-11(13(10)14(15)16)19-12-8-3-4-9-17-12/h3-9H,2H2,1H3,(H3,15,16). The van der Waals surface area contributed by atoms with Crippen LogP contribution in [0, 0.1) is 5.41 Å². The van der Waals surface area contributed by atoms with Crippen LogP contribution in [0.2, 0.25) is 0 Å². The lowest BCUT2D eigenvalue weighted by Crippen LogP contribution is -2.13. The van der Waals surface area contributed by atoms with Gasteiger partial charge in [0.2, 0.25) is 0 Å².